The zero-order chi connectivity index (χ0) is 18.1. The van der Waals surface area contributed by atoms with E-state index in [1.807, 2.05) is 43.3 Å². The third-order valence-electron chi connectivity index (χ3n) is 4.04. The molecule has 0 aliphatic carbocycles. The smallest absolute Gasteiger partial charge is 0.256 e. The summed E-state index contributed by atoms with van der Waals surface area (Å²) < 4.78 is 19.0. The molecule has 1 amide bonds. The molecule has 5 heteroatoms. The zero-order valence-corrected chi connectivity index (χ0v) is 14.0. The summed E-state index contributed by atoms with van der Waals surface area (Å²) in [4.78, 5) is 17.4. The van der Waals surface area contributed by atoms with E-state index >= 15 is 0 Å². The molecule has 0 unspecified atom stereocenters. The summed E-state index contributed by atoms with van der Waals surface area (Å²) in [5.41, 5.74) is 2.10. The van der Waals surface area contributed by atoms with Crippen molar-refractivity contribution in [2.24, 2.45) is 0 Å². The number of para-hydroxylation sites is 1. The van der Waals surface area contributed by atoms with Gasteiger partial charge >= 0.3 is 0 Å². The number of carbonyl (C=O) groups is 1. The Morgan fingerprint density at radius 1 is 1.04 bits per heavy atom. The van der Waals surface area contributed by atoms with Gasteiger partial charge in [-0.1, -0.05) is 24.3 Å². The van der Waals surface area contributed by atoms with Crippen molar-refractivity contribution in [2.75, 3.05) is 5.32 Å². The first kappa shape index (κ1) is 16.0. The first-order valence-corrected chi connectivity index (χ1v) is 8.14. The van der Waals surface area contributed by atoms with E-state index in [2.05, 4.69) is 10.3 Å². The van der Waals surface area contributed by atoms with Crippen molar-refractivity contribution in [3.63, 3.8) is 0 Å². The summed E-state index contributed by atoms with van der Waals surface area (Å²) in [7, 11) is 0. The maximum atomic E-state index is 13.4. The number of carbonyl (C=O) groups excluding carboxylic acids is 1. The van der Waals surface area contributed by atoms with Crippen LogP contribution in [0.5, 0.6) is 0 Å². The lowest BCUT2D eigenvalue weighted by molar-refractivity contribution is 0.102. The molecule has 0 aliphatic rings. The molecule has 0 saturated carbocycles. The number of aromatic nitrogens is 1. The minimum Gasteiger partial charge on any atom is -0.460 e. The molecular formula is C21H15FN2O2. The van der Waals surface area contributed by atoms with Crippen LogP contribution in [0.3, 0.4) is 0 Å². The van der Waals surface area contributed by atoms with Gasteiger partial charge in [0.15, 0.2) is 5.76 Å². The highest BCUT2D eigenvalue weighted by Crippen LogP contribution is 2.27. The van der Waals surface area contributed by atoms with Gasteiger partial charge in [0, 0.05) is 11.1 Å². The quantitative estimate of drug-likeness (QED) is 0.555. The van der Waals surface area contributed by atoms with Gasteiger partial charge in [-0.25, -0.2) is 9.37 Å². The van der Waals surface area contributed by atoms with Crippen molar-refractivity contribution in [3.05, 3.63) is 83.9 Å². The molecular weight excluding hydrogens is 331 g/mol. The van der Waals surface area contributed by atoms with Gasteiger partial charge < -0.3 is 9.73 Å². The first-order chi connectivity index (χ1) is 12.6. The predicted octanol–water partition coefficient (Wildman–Crippen LogP) is 5.19. The van der Waals surface area contributed by atoms with Crippen LogP contribution >= 0.6 is 0 Å². The van der Waals surface area contributed by atoms with E-state index in [9.17, 15) is 9.18 Å². The second-order valence-corrected chi connectivity index (χ2v) is 5.95. The second kappa shape index (κ2) is 6.44. The van der Waals surface area contributed by atoms with E-state index in [1.165, 1.54) is 12.1 Å². The van der Waals surface area contributed by atoms with Gasteiger partial charge in [0.2, 0.25) is 0 Å². The number of aryl methyl sites for hydroxylation is 1. The molecule has 4 rings (SSSR count). The van der Waals surface area contributed by atoms with Crippen molar-refractivity contribution in [1.29, 1.82) is 0 Å². The Bertz CT molecular complexity index is 1120. The molecule has 0 atom stereocenters. The summed E-state index contributed by atoms with van der Waals surface area (Å²) in [6, 6.07) is 18.5. The monoisotopic (exact) mass is 346 g/mol. The van der Waals surface area contributed by atoms with E-state index in [1.54, 1.807) is 18.2 Å². The molecule has 4 aromatic rings. The molecule has 0 radical (unpaired) electrons. The van der Waals surface area contributed by atoms with Gasteiger partial charge in [-0.3, -0.25) is 4.79 Å². The van der Waals surface area contributed by atoms with E-state index in [0.717, 1.165) is 5.76 Å². The normalized spacial score (nSPS) is 10.8. The zero-order valence-electron chi connectivity index (χ0n) is 14.0. The van der Waals surface area contributed by atoms with Gasteiger partial charge in [-0.2, -0.15) is 0 Å². The number of amides is 1. The fourth-order valence-electron chi connectivity index (χ4n) is 2.83. The minimum atomic E-state index is -0.408. The number of hydrogen-bond donors (Lipinski definition) is 1. The average Bonchev–Trinajstić information content (AvgIpc) is 3.07. The topological polar surface area (TPSA) is 55.1 Å². The number of nitrogens with one attached hydrogen (secondary N) is 1. The Kier molecular flexibility index (Phi) is 3.97. The summed E-state index contributed by atoms with van der Waals surface area (Å²) in [5.74, 6) is 0.613. The molecule has 2 aromatic carbocycles. The lowest BCUT2D eigenvalue weighted by Crippen LogP contribution is -2.13. The molecule has 128 valence electrons. The minimum absolute atomic E-state index is 0.335. The third kappa shape index (κ3) is 3.07. The summed E-state index contributed by atoms with van der Waals surface area (Å²) in [5, 5.41) is 3.45. The van der Waals surface area contributed by atoms with Crippen LogP contribution in [0.25, 0.3) is 22.4 Å². The lowest BCUT2D eigenvalue weighted by atomic mass is 10.1. The van der Waals surface area contributed by atoms with Crippen LogP contribution in [0.15, 0.2) is 71.1 Å². The second-order valence-electron chi connectivity index (χ2n) is 5.95. The average molecular weight is 346 g/mol. The van der Waals surface area contributed by atoms with E-state index in [0.29, 0.717) is 33.6 Å². The van der Waals surface area contributed by atoms with Crippen molar-refractivity contribution in [2.45, 2.75) is 6.92 Å². The van der Waals surface area contributed by atoms with Crippen LogP contribution in [-0.2, 0) is 0 Å². The maximum absolute atomic E-state index is 13.4. The Morgan fingerprint density at radius 2 is 1.88 bits per heavy atom. The number of anilines is 1. The summed E-state index contributed by atoms with van der Waals surface area (Å²) in [6.45, 7) is 1.85. The molecule has 1 N–H and O–H groups in total. The Morgan fingerprint density at radius 3 is 2.65 bits per heavy atom. The van der Waals surface area contributed by atoms with Gasteiger partial charge in [0.1, 0.15) is 17.3 Å². The van der Waals surface area contributed by atoms with Crippen molar-refractivity contribution < 1.29 is 13.6 Å². The largest absolute Gasteiger partial charge is 0.460 e. The maximum Gasteiger partial charge on any atom is 0.256 e. The number of hydrogen-bond acceptors (Lipinski definition) is 3. The standard InChI is InChI=1S/C21H15FN2O2/c1-13-9-10-20(26-13)19-12-17(16-7-2-3-8-18(16)24-19)21(25)23-15-6-4-5-14(22)11-15/h2-12H,1H3,(H,23,25). The lowest BCUT2D eigenvalue weighted by Gasteiger charge is -2.10. The van der Waals surface area contributed by atoms with E-state index in [4.69, 9.17) is 4.42 Å². The third-order valence-corrected chi connectivity index (χ3v) is 4.04. The van der Waals surface area contributed by atoms with Crippen LogP contribution in [-0.4, -0.2) is 10.9 Å². The van der Waals surface area contributed by atoms with Gasteiger partial charge in [0.05, 0.1) is 11.1 Å². The molecule has 4 nitrogen and oxygen atoms in total. The number of fused-ring (bicyclic) bond motifs is 1. The van der Waals surface area contributed by atoms with Crippen LogP contribution in [0.1, 0.15) is 16.1 Å². The number of pyridine rings is 1. The van der Waals surface area contributed by atoms with Crippen LogP contribution in [0.4, 0.5) is 10.1 Å². The van der Waals surface area contributed by atoms with Crippen LogP contribution in [0.2, 0.25) is 0 Å². The molecule has 26 heavy (non-hydrogen) atoms. The molecule has 0 saturated heterocycles. The SMILES string of the molecule is Cc1ccc(-c2cc(C(=O)Nc3cccc(F)c3)c3ccccc3n2)o1. The van der Waals surface area contributed by atoms with Gasteiger partial charge in [0.25, 0.3) is 5.91 Å². The van der Waals surface area contributed by atoms with Crippen molar-refractivity contribution in [1.82, 2.24) is 4.98 Å². The Labute approximate surface area is 149 Å². The fourth-order valence-corrected chi connectivity index (χ4v) is 2.83. The number of benzene rings is 2. The number of rotatable bonds is 3. The number of halogens is 1. The number of nitrogens with zero attached hydrogens (tertiary/aromatic N) is 1. The summed E-state index contributed by atoms with van der Waals surface area (Å²) >= 11 is 0. The highest BCUT2D eigenvalue weighted by molar-refractivity contribution is 6.13. The van der Waals surface area contributed by atoms with Crippen molar-refractivity contribution >= 4 is 22.5 Å². The molecule has 0 aliphatic heterocycles. The molecule has 0 fully saturated rings. The molecule has 2 heterocycles. The van der Waals surface area contributed by atoms with Crippen LogP contribution in [0, 0.1) is 12.7 Å². The molecule has 0 bridgehead atoms. The Balaban J connectivity index is 1.81. The first-order valence-electron chi connectivity index (χ1n) is 8.14. The molecule has 0 spiro atoms. The van der Waals surface area contributed by atoms with E-state index in [-0.39, 0.29) is 5.91 Å². The summed E-state index contributed by atoms with van der Waals surface area (Å²) in [6.07, 6.45) is 0. The van der Waals surface area contributed by atoms with Gasteiger partial charge in [-0.15, -0.1) is 0 Å². The predicted molar refractivity (Wildman–Crippen MR) is 98.5 cm³/mol. The van der Waals surface area contributed by atoms with Crippen molar-refractivity contribution in [3.8, 4) is 11.5 Å². The van der Waals surface area contributed by atoms with Gasteiger partial charge in [-0.05, 0) is 49.4 Å². The highest BCUT2D eigenvalue weighted by atomic mass is 19.1. The highest BCUT2D eigenvalue weighted by Gasteiger charge is 2.15. The van der Waals surface area contributed by atoms with E-state index < -0.39 is 5.82 Å². The molecule has 2 aromatic heterocycles. The fraction of sp³-hybridized carbons (Fsp3) is 0.0476. The number of furan rings is 1. The Hall–Kier alpha value is -3.47. The van der Waals surface area contributed by atoms with Crippen LogP contribution < -0.4 is 5.32 Å².